The number of hydrogen-bond donors (Lipinski definition) is 0. The lowest BCUT2D eigenvalue weighted by molar-refractivity contribution is 0.444. The summed E-state index contributed by atoms with van der Waals surface area (Å²) in [5.41, 5.74) is 0.963. The minimum Gasteiger partial charge on any atom is -0.222 e. The normalized spacial score (nSPS) is 15.7. The van der Waals surface area contributed by atoms with Crippen molar-refractivity contribution in [1.29, 1.82) is 0 Å². The van der Waals surface area contributed by atoms with Crippen molar-refractivity contribution in [3.05, 3.63) is 54.6 Å². The monoisotopic (exact) mass is 324 g/mol. The van der Waals surface area contributed by atoms with E-state index in [0.717, 1.165) is 5.69 Å². The van der Waals surface area contributed by atoms with Crippen molar-refractivity contribution in [2.75, 3.05) is 0 Å². The van der Waals surface area contributed by atoms with Crippen molar-refractivity contribution in [3.8, 4) is 0 Å². The zero-order valence-electron chi connectivity index (χ0n) is 14.2. The van der Waals surface area contributed by atoms with Gasteiger partial charge in [-0.3, -0.25) is 0 Å². The molecule has 122 valence electrons. The van der Waals surface area contributed by atoms with Crippen LogP contribution in [0.25, 0.3) is 32.3 Å². The van der Waals surface area contributed by atoms with E-state index in [2.05, 4.69) is 70.6 Å². The molecule has 0 aliphatic heterocycles. The van der Waals surface area contributed by atoms with Crippen molar-refractivity contribution in [2.45, 2.75) is 38.1 Å². The third-order valence-electron chi connectivity index (χ3n) is 5.49. The van der Waals surface area contributed by atoms with E-state index in [-0.39, 0.29) is 0 Å². The van der Waals surface area contributed by atoms with Gasteiger partial charge in [0.2, 0.25) is 0 Å². The molecule has 5 rings (SSSR count). The van der Waals surface area contributed by atoms with Crippen LogP contribution < -0.4 is 0 Å². The molecule has 1 fully saturated rings. The lowest BCUT2D eigenvalue weighted by Gasteiger charge is -2.15. The van der Waals surface area contributed by atoms with Crippen LogP contribution in [0.15, 0.2) is 64.6 Å². The van der Waals surface area contributed by atoms with Crippen LogP contribution in [0.5, 0.6) is 0 Å². The van der Waals surface area contributed by atoms with Crippen LogP contribution in [-0.4, -0.2) is 12.1 Å². The second-order valence-electron chi connectivity index (χ2n) is 7.07. The van der Waals surface area contributed by atoms with Crippen molar-refractivity contribution in [2.24, 2.45) is 9.98 Å². The maximum atomic E-state index is 4.59. The molecule has 2 nitrogen and oxygen atoms in total. The van der Waals surface area contributed by atoms with Gasteiger partial charge in [0.15, 0.2) is 0 Å². The van der Waals surface area contributed by atoms with Crippen LogP contribution in [0.1, 0.15) is 32.1 Å². The molecule has 25 heavy (non-hydrogen) atoms. The van der Waals surface area contributed by atoms with Gasteiger partial charge in [0.25, 0.3) is 0 Å². The Balaban J connectivity index is 1.67. The fraction of sp³-hybridized carbons (Fsp3) is 0.261. The first-order valence-corrected chi connectivity index (χ1v) is 9.22. The third-order valence-corrected chi connectivity index (χ3v) is 5.49. The van der Waals surface area contributed by atoms with E-state index >= 15 is 0 Å². The summed E-state index contributed by atoms with van der Waals surface area (Å²) in [7, 11) is 0. The third kappa shape index (κ3) is 2.50. The predicted molar refractivity (Wildman–Crippen MR) is 107 cm³/mol. The molecule has 4 aromatic carbocycles. The molecule has 0 amide bonds. The molecular weight excluding hydrogens is 304 g/mol. The van der Waals surface area contributed by atoms with Gasteiger partial charge in [-0.15, -0.1) is 0 Å². The average Bonchev–Trinajstić information content (AvgIpc) is 2.68. The highest BCUT2D eigenvalue weighted by Gasteiger charge is 2.11. The zero-order chi connectivity index (χ0) is 16.6. The van der Waals surface area contributed by atoms with E-state index in [4.69, 9.17) is 0 Å². The topological polar surface area (TPSA) is 24.7 Å². The molecule has 1 aliphatic rings. The minimum atomic E-state index is 0.414. The van der Waals surface area contributed by atoms with E-state index in [1.54, 1.807) is 0 Å². The zero-order valence-corrected chi connectivity index (χ0v) is 14.2. The molecule has 0 unspecified atom stereocenters. The molecule has 1 aliphatic carbocycles. The van der Waals surface area contributed by atoms with E-state index < -0.39 is 0 Å². The van der Waals surface area contributed by atoms with Crippen molar-refractivity contribution in [1.82, 2.24) is 0 Å². The Morgan fingerprint density at radius 3 is 2.20 bits per heavy atom. The molecule has 4 aromatic rings. The molecule has 0 aromatic heterocycles. The summed E-state index contributed by atoms with van der Waals surface area (Å²) >= 11 is 0. The van der Waals surface area contributed by atoms with Gasteiger partial charge in [-0.05, 0) is 45.8 Å². The second-order valence-corrected chi connectivity index (χ2v) is 7.07. The summed E-state index contributed by atoms with van der Waals surface area (Å²) in [4.78, 5) is 9.16. The smallest absolute Gasteiger partial charge is 0.0952 e. The number of hydrogen-bond acceptors (Lipinski definition) is 2. The molecule has 0 atom stereocenters. The van der Waals surface area contributed by atoms with Crippen LogP contribution >= 0.6 is 0 Å². The fourth-order valence-corrected chi connectivity index (χ4v) is 4.19. The Hall–Kier alpha value is -2.70. The van der Waals surface area contributed by atoms with Gasteiger partial charge in [-0.1, -0.05) is 67.8 Å². The van der Waals surface area contributed by atoms with Gasteiger partial charge in [0, 0.05) is 5.39 Å². The summed E-state index contributed by atoms with van der Waals surface area (Å²) in [6.07, 6.45) is 6.28. The molecule has 0 bridgehead atoms. The number of rotatable bonds is 2. The molecule has 0 heterocycles. The van der Waals surface area contributed by atoms with Gasteiger partial charge in [-0.2, -0.15) is 4.99 Å². The largest absolute Gasteiger partial charge is 0.222 e. The Labute approximate surface area is 147 Å². The summed E-state index contributed by atoms with van der Waals surface area (Å²) < 4.78 is 0. The maximum absolute atomic E-state index is 4.59. The van der Waals surface area contributed by atoms with Gasteiger partial charge in [0.05, 0.1) is 17.7 Å². The first-order valence-electron chi connectivity index (χ1n) is 9.22. The van der Waals surface area contributed by atoms with Crippen LogP contribution in [0.2, 0.25) is 0 Å². The van der Waals surface area contributed by atoms with Crippen molar-refractivity contribution in [3.63, 3.8) is 0 Å². The van der Waals surface area contributed by atoms with Crippen LogP contribution in [0.4, 0.5) is 5.69 Å². The number of benzene rings is 4. The van der Waals surface area contributed by atoms with E-state index in [9.17, 15) is 0 Å². The highest BCUT2D eigenvalue weighted by Crippen LogP contribution is 2.38. The van der Waals surface area contributed by atoms with Crippen LogP contribution in [0, 0.1) is 0 Å². The van der Waals surface area contributed by atoms with Gasteiger partial charge in [0.1, 0.15) is 0 Å². The summed E-state index contributed by atoms with van der Waals surface area (Å²) in [5.74, 6) is 0. The molecule has 1 saturated carbocycles. The Morgan fingerprint density at radius 2 is 1.40 bits per heavy atom. The Morgan fingerprint density at radius 1 is 0.720 bits per heavy atom. The van der Waals surface area contributed by atoms with Gasteiger partial charge >= 0.3 is 0 Å². The first-order chi connectivity index (χ1) is 12.4. The fourth-order valence-electron chi connectivity index (χ4n) is 4.19. The first kappa shape index (κ1) is 14.6. The van der Waals surface area contributed by atoms with Crippen molar-refractivity contribution < 1.29 is 0 Å². The molecule has 2 heteroatoms. The highest BCUT2D eigenvalue weighted by molar-refractivity contribution is 6.25. The Bertz CT molecular complexity index is 1100. The van der Waals surface area contributed by atoms with Gasteiger partial charge < -0.3 is 0 Å². The second kappa shape index (κ2) is 5.98. The quantitative estimate of drug-likeness (QED) is 0.289. The summed E-state index contributed by atoms with van der Waals surface area (Å²) in [5, 5.41) is 7.66. The lowest BCUT2D eigenvalue weighted by atomic mass is 9.94. The molecule has 0 saturated heterocycles. The van der Waals surface area contributed by atoms with Crippen LogP contribution in [-0.2, 0) is 0 Å². The summed E-state index contributed by atoms with van der Waals surface area (Å²) in [6, 6.07) is 22.9. The molecule has 0 spiro atoms. The van der Waals surface area contributed by atoms with E-state index in [0.29, 0.717) is 6.04 Å². The molecular formula is C23H20N2. The average molecular weight is 324 g/mol. The van der Waals surface area contributed by atoms with Crippen molar-refractivity contribution >= 4 is 44.0 Å². The predicted octanol–water partition coefficient (Wildman–Crippen LogP) is 6.72. The van der Waals surface area contributed by atoms with Gasteiger partial charge in [-0.25, -0.2) is 4.99 Å². The molecule has 0 radical (unpaired) electrons. The maximum Gasteiger partial charge on any atom is 0.0952 e. The number of aliphatic imine (C=N–C) groups is 2. The number of nitrogens with zero attached hydrogens (tertiary/aromatic N) is 2. The SMILES string of the molecule is C(=Nc1ccc2ccc3cccc4ccc1c2c34)=NC1CCCCC1. The summed E-state index contributed by atoms with van der Waals surface area (Å²) in [6.45, 7) is 0. The highest BCUT2D eigenvalue weighted by atomic mass is 14.8. The van der Waals surface area contributed by atoms with E-state index in [1.165, 1.54) is 64.4 Å². The molecule has 0 N–H and O–H groups in total. The lowest BCUT2D eigenvalue weighted by Crippen LogP contribution is -2.08. The minimum absolute atomic E-state index is 0.414. The Kier molecular flexibility index (Phi) is 3.50. The standard InChI is InChI=1S/C23H20N2/c1-2-7-19(8-3-1)24-15-25-21-14-12-18-10-9-16-5-4-6-17-11-13-20(21)23(18)22(16)17/h4-6,9-14,19H,1-3,7-8H2. The van der Waals surface area contributed by atoms with E-state index in [1.807, 2.05) is 0 Å². The van der Waals surface area contributed by atoms with Crippen LogP contribution in [0.3, 0.4) is 0 Å².